The highest BCUT2D eigenvalue weighted by Crippen LogP contribution is 2.24. The van der Waals surface area contributed by atoms with Gasteiger partial charge in [-0.1, -0.05) is 27.7 Å². The first-order valence-corrected chi connectivity index (χ1v) is 6.79. The number of Topliss-reactive ketones (excluding diaryl/α,β-unsaturated/α-hetero) is 1. The van der Waals surface area contributed by atoms with Crippen LogP contribution >= 0.6 is 0 Å². The lowest BCUT2D eigenvalue weighted by Gasteiger charge is -2.33. The normalized spacial score (nSPS) is 21.3. The summed E-state index contributed by atoms with van der Waals surface area (Å²) in [6, 6.07) is 0. The number of ketones is 1. The Kier molecular flexibility index (Phi) is 5.47. The molecule has 0 aromatic rings. The number of carbonyl (C=O) groups is 1. The molecule has 94 valence electrons. The van der Waals surface area contributed by atoms with Crippen molar-refractivity contribution in [1.82, 2.24) is 4.90 Å². The number of piperidine rings is 1. The molecule has 2 nitrogen and oxygen atoms in total. The predicted octanol–water partition coefficient (Wildman–Crippen LogP) is 2.97. The molecular weight excluding hydrogens is 198 g/mol. The first kappa shape index (κ1) is 13.7. The van der Waals surface area contributed by atoms with Crippen molar-refractivity contribution >= 4 is 5.78 Å². The quantitative estimate of drug-likeness (QED) is 0.717. The first-order chi connectivity index (χ1) is 7.54. The van der Waals surface area contributed by atoms with Crippen molar-refractivity contribution in [2.75, 3.05) is 19.6 Å². The fourth-order valence-electron chi connectivity index (χ4n) is 2.38. The summed E-state index contributed by atoms with van der Waals surface area (Å²) in [5, 5.41) is 0. The van der Waals surface area contributed by atoms with E-state index in [1.807, 2.05) is 6.92 Å². The summed E-state index contributed by atoms with van der Waals surface area (Å²) >= 11 is 0. The van der Waals surface area contributed by atoms with Gasteiger partial charge >= 0.3 is 0 Å². The molecule has 0 saturated carbocycles. The highest BCUT2D eigenvalue weighted by atomic mass is 16.1. The van der Waals surface area contributed by atoms with Crippen LogP contribution in [0.1, 0.15) is 47.0 Å². The third-order valence-corrected chi connectivity index (χ3v) is 4.12. The second-order valence-corrected chi connectivity index (χ2v) is 5.63. The number of nitrogens with zero attached hydrogens (tertiary/aromatic N) is 1. The van der Waals surface area contributed by atoms with Crippen LogP contribution in [0, 0.1) is 17.8 Å². The van der Waals surface area contributed by atoms with Crippen LogP contribution in [0.3, 0.4) is 0 Å². The van der Waals surface area contributed by atoms with Gasteiger partial charge in [-0.2, -0.15) is 0 Å². The Morgan fingerprint density at radius 3 is 2.25 bits per heavy atom. The summed E-state index contributed by atoms with van der Waals surface area (Å²) in [5.74, 6) is 2.33. The fourth-order valence-corrected chi connectivity index (χ4v) is 2.38. The van der Waals surface area contributed by atoms with Crippen molar-refractivity contribution in [3.05, 3.63) is 0 Å². The first-order valence-electron chi connectivity index (χ1n) is 6.79. The smallest absolute Gasteiger partial charge is 0.149 e. The van der Waals surface area contributed by atoms with Crippen molar-refractivity contribution in [3.8, 4) is 0 Å². The molecule has 16 heavy (non-hydrogen) atoms. The Morgan fingerprint density at radius 1 is 1.25 bits per heavy atom. The Morgan fingerprint density at radius 2 is 1.81 bits per heavy atom. The minimum Gasteiger partial charge on any atom is -0.298 e. The van der Waals surface area contributed by atoms with E-state index in [2.05, 4.69) is 25.7 Å². The highest BCUT2D eigenvalue weighted by Gasteiger charge is 2.23. The fraction of sp³-hybridized carbons (Fsp3) is 0.929. The van der Waals surface area contributed by atoms with Crippen molar-refractivity contribution in [3.63, 3.8) is 0 Å². The molecule has 1 unspecified atom stereocenters. The van der Waals surface area contributed by atoms with Crippen molar-refractivity contribution in [2.24, 2.45) is 17.8 Å². The van der Waals surface area contributed by atoms with E-state index in [0.717, 1.165) is 31.3 Å². The molecule has 1 heterocycles. The monoisotopic (exact) mass is 225 g/mol. The van der Waals surface area contributed by atoms with Gasteiger partial charge in [-0.05, 0) is 44.2 Å². The van der Waals surface area contributed by atoms with Gasteiger partial charge in [0.05, 0.1) is 6.54 Å². The van der Waals surface area contributed by atoms with Crippen LogP contribution in [0.25, 0.3) is 0 Å². The Balaban J connectivity index is 2.29. The number of rotatable bonds is 5. The van der Waals surface area contributed by atoms with E-state index in [9.17, 15) is 4.79 Å². The van der Waals surface area contributed by atoms with Crippen molar-refractivity contribution in [2.45, 2.75) is 47.0 Å². The molecule has 0 aromatic heterocycles. The molecule has 0 aromatic carbocycles. The molecule has 1 atom stereocenters. The van der Waals surface area contributed by atoms with Crippen LogP contribution in [0.15, 0.2) is 0 Å². The van der Waals surface area contributed by atoms with Gasteiger partial charge in [0.1, 0.15) is 5.78 Å². The Hall–Kier alpha value is -0.370. The third-order valence-electron chi connectivity index (χ3n) is 4.12. The molecule has 1 aliphatic rings. The maximum absolute atomic E-state index is 11.8. The molecule has 0 N–H and O–H groups in total. The van der Waals surface area contributed by atoms with Gasteiger partial charge in [0, 0.05) is 5.92 Å². The maximum atomic E-state index is 11.8. The Bertz CT molecular complexity index is 217. The van der Waals surface area contributed by atoms with Crippen LogP contribution in [0.4, 0.5) is 0 Å². The summed E-state index contributed by atoms with van der Waals surface area (Å²) in [6.07, 6.45) is 3.51. The minimum absolute atomic E-state index is 0.239. The zero-order chi connectivity index (χ0) is 12.1. The molecule has 1 fully saturated rings. The van der Waals surface area contributed by atoms with Gasteiger partial charge in [0.15, 0.2) is 0 Å². The lowest BCUT2D eigenvalue weighted by Crippen LogP contribution is -2.39. The minimum atomic E-state index is 0.239. The highest BCUT2D eigenvalue weighted by molar-refractivity contribution is 5.82. The number of hydrogen-bond donors (Lipinski definition) is 0. The molecule has 0 bridgehead atoms. The van der Waals surface area contributed by atoms with E-state index in [-0.39, 0.29) is 5.92 Å². The summed E-state index contributed by atoms with van der Waals surface area (Å²) in [4.78, 5) is 14.2. The molecule has 0 radical (unpaired) electrons. The van der Waals surface area contributed by atoms with E-state index in [0.29, 0.717) is 12.3 Å². The molecular formula is C14H27NO. The standard InChI is InChI=1S/C14H27NO/c1-5-12(4)14(16)10-15-8-6-13(7-9-15)11(2)3/h11-13H,5-10H2,1-4H3. The molecule has 1 rings (SSSR count). The van der Waals surface area contributed by atoms with Gasteiger partial charge in [0.25, 0.3) is 0 Å². The molecule has 0 aliphatic carbocycles. The van der Waals surface area contributed by atoms with Crippen LogP contribution < -0.4 is 0 Å². The molecule has 1 aliphatic heterocycles. The van der Waals surface area contributed by atoms with E-state index in [1.54, 1.807) is 0 Å². The zero-order valence-electron chi connectivity index (χ0n) is 11.3. The molecule has 2 heteroatoms. The predicted molar refractivity (Wildman–Crippen MR) is 68.5 cm³/mol. The molecule has 0 spiro atoms. The summed E-state index contributed by atoms with van der Waals surface area (Å²) in [7, 11) is 0. The number of carbonyl (C=O) groups excluding carboxylic acids is 1. The maximum Gasteiger partial charge on any atom is 0.149 e. The van der Waals surface area contributed by atoms with E-state index in [1.165, 1.54) is 12.8 Å². The summed E-state index contributed by atoms with van der Waals surface area (Å²) in [5.41, 5.74) is 0. The summed E-state index contributed by atoms with van der Waals surface area (Å²) < 4.78 is 0. The van der Waals surface area contributed by atoms with Gasteiger partial charge in [0.2, 0.25) is 0 Å². The Labute approximate surface area is 100 Å². The van der Waals surface area contributed by atoms with E-state index >= 15 is 0 Å². The number of hydrogen-bond acceptors (Lipinski definition) is 2. The van der Waals surface area contributed by atoms with E-state index in [4.69, 9.17) is 0 Å². The van der Waals surface area contributed by atoms with Gasteiger partial charge in [-0.3, -0.25) is 9.69 Å². The van der Waals surface area contributed by atoms with Crippen molar-refractivity contribution < 1.29 is 4.79 Å². The third kappa shape index (κ3) is 3.89. The number of likely N-dealkylation sites (tertiary alicyclic amines) is 1. The molecule has 1 saturated heterocycles. The average molecular weight is 225 g/mol. The second kappa shape index (κ2) is 6.39. The second-order valence-electron chi connectivity index (χ2n) is 5.63. The lowest BCUT2D eigenvalue weighted by molar-refractivity contribution is -0.124. The van der Waals surface area contributed by atoms with Gasteiger partial charge < -0.3 is 0 Å². The topological polar surface area (TPSA) is 20.3 Å². The SMILES string of the molecule is CCC(C)C(=O)CN1CCC(C(C)C)CC1. The zero-order valence-corrected chi connectivity index (χ0v) is 11.3. The van der Waals surface area contributed by atoms with Gasteiger partial charge in [-0.25, -0.2) is 0 Å². The largest absolute Gasteiger partial charge is 0.298 e. The summed E-state index contributed by atoms with van der Waals surface area (Å²) in [6.45, 7) is 11.7. The van der Waals surface area contributed by atoms with Crippen LogP contribution in [0.5, 0.6) is 0 Å². The average Bonchev–Trinajstić information content (AvgIpc) is 2.28. The van der Waals surface area contributed by atoms with Crippen molar-refractivity contribution in [1.29, 1.82) is 0 Å². The molecule has 0 amide bonds. The van der Waals surface area contributed by atoms with Gasteiger partial charge in [-0.15, -0.1) is 0 Å². The van der Waals surface area contributed by atoms with Crippen LogP contribution in [-0.4, -0.2) is 30.3 Å². The van der Waals surface area contributed by atoms with Crippen LogP contribution in [-0.2, 0) is 4.79 Å². The van der Waals surface area contributed by atoms with E-state index < -0.39 is 0 Å². The lowest BCUT2D eigenvalue weighted by atomic mass is 9.86. The van der Waals surface area contributed by atoms with Crippen LogP contribution in [0.2, 0.25) is 0 Å².